The number of halogens is 1. The first-order chi connectivity index (χ1) is 12.7. The van der Waals surface area contributed by atoms with Gasteiger partial charge in [0.15, 0.2) is 5.78 Å². The van der Waals surface area contributed by atoms with Gasteiger partial charge in [-0.05, 0) is 66.8 Å². The lowest BCUT2D eigenvalue weighted by molar-refractivity contribution is 0.104. The van der Waals surface area contributed by atoms with Crippen LogP contribution in [0, 0.1) is 0 Å². The standard InChI is InChI=1S/C23H22BrNO/c24-19-10-8-17(9-11-19)23(26)13-12-21-20-7-3-2-6-18(20)16-22(21)25-14-4-1-5-15-25/h2-3,6-13H,1,4-5,14-16H2/b13-12+. The molecule has 0 aromatic heterocycles. The maximum Gasteiger partial charge on any atom is 0.185 e. The van der Waals surface area contributed by atoms with E-state index in [-0.39, 0.29) is 5.78 Å². The summed E-state index contributed by atoms with van der Waals surface area (Å²) in [7, 11) is 0. The van der Waals surface area contributed by atoms with E-state index < -0.39 is 0 Å². The molecular weight excluding hydrogens is 386 g/mol. The van der Waals surface area contributed by atoms with Crippen molar-refractivity contribution in [2.75, 3.05) is 13.1 Å². The predicted molar refractivity (Wildman–Crippen MR) is 110 cm³/mol. The molecule has 2 aliphatic rings. The molecule has 0 N–H and O–H groups in total. The van der Waals surface area contributed by atoms with Gasteiger partial charge in [0, 0.05) is 40.8 Å². The number of likely N-dealkylation sites (tertiary alicyclic amines) is 1. The summed E-state index contributed by atoms with van der Waals surface area (Å²) in [5.41, 5.74) is 5.95. The number of rotatable bonds is 4. The lowest BCUT2D eigenvalue weighted by Crippen LogP contribution is -2.29. The molecule has 26 heavy (non-hydrogen) atoms. The number of ketones is 1. The molecular formula is C23H22BrNO. The number of hydrogen-bond acceptors (Lipinski definition) is 2. The predicted octanol–water partition coefficient (Wildman–Crippen LogP) is 5.64. The van der Waals surface area contributed by atoms with Crippen molar-refractivity contribution in [3.8, 4) is 0 Å². The molecule has 0 radical (unpaired) electrons. The zero-order valence-electron chi connectivity index (χ0n) is 14.7. The molecule has 2 aromatic rings. The Kier molecular flexibility index (Phi) is 5.07. The summed E-state index contributed by atoms with van der Waals surface area (Å²) in [6.45, 7) is 2.25. The molecule has 1 aliphatic heterocycles. The Labute approximate surface area is 163 Å². The molecule has 3 heteroatoms. The molecule has 1 fully saturated rings. The molecule has 1 saturated heterocycles. The maximum atomic E-state index is 12.6. The van der Waals surface area contributed by atoms with Gasteiger partial charge >= 0.3 is 0 Å². The first-order valence-electron chi connectivity index (χ1n) is 9.27. The molecule has 0 saturated carbocycles. The average molecular weight is 408 g/mol. The minimum absolute atomic E-state index is 0.0485. The molecule has 132 valence electrons. The fraction of sp³-hybridized carbons (Fsp3) is 0.261. The largest absolute Gasteiger partial charge is 0.374 e. The van der Waals surface area contributed by atoms with E-state index in [1.165, 1.54) is 41.7 Å². The van der Waals surface area contributed by atoms with Gasteiger partial charge in [0.25, 0.3) is 0 Å². The van der Waals surface area contributed by atoms with Crippen molar-refractivity contribution in [3.63, 3.8) is 0 Å². The average Bonchev–Trinajstić information content (AvgIpc) is 3.06. The fourth-order valence-corrected chi connectivity index (χ4v) is 4.13. The topological polar surface area (TPSA) is 20.3 Å². The van der Waals surface area contributed by atoms with E-state index >= 15 is 0 Å². The van der Waals surface area contributed by atoms with Crippen molar-refractivity contribution >= 4 is 27.3 Å². The number of allylic oxidation sites excluding steroid dienone is 4. The molecule has 2 nitrogen and oxygen atoms in total. The van der Waals surface area contributed by atoms with E-state index in [9.17, 15) is 4.79 Å². The molecule has 4 rings (SSSR count). The molecule has 0 unspecified atom stereocenters. The van der Waals surface area contributed by atoms with E-state index in [1.54, 1.807) is 6.08 Å². The molecule has 1 aliphatic carbocycles. The summed E-state index contributed by atoms with van der Waals surface area (Å²) in [6.07, 6.45) is 8.57. The Bertz CT molecular complexity index is 873. The SMILES string of the molecule is O=C(/C=C/C1=C(N2CCCCC2)Cc2ccccc21)c1ccc(Br)cc1. The molecule has 0 atom stereocenters. The summed E-state index contributed by atoms with van der Waals surface area (Å²) in [6, 6.07) is 16.1. The molecule has 2 aromatic carbocycles. The third-order valence-electron chi connectivity index (χ3n) is 5.24. The lowest BCUT2D eigenvalue weighted by atomic mass is 10.0. The van der Waals surface area contributed by atoms with Gasteiger partial charge in [0.05, 0.1) is 0 Å². The van der Waals surface area contributed by atoms with Crippen LogP contribution in [-0.2, 0) is 6.42 Å². The van der Waals surface area contributed by atoms with Gasteiger partial charge < -0.3 is 4.90 Å². The quantitative estimate of drug-likeness (QED) is 0.482. The van der Waals surface area contributed by atoms with Crippen LogP contribution in [0.2, 0.25) is 0 Å². The van der Waals surface area contributed by atoms with Crippen molar-refractivity contribution in [2.24, 2.45) is 0 Å². The number of benzene rings is 2. The summed E-state index contributed by atoms with van der Waals surface area (Å²) >= 11 is 3.42. The highest BCUT2D eigenvalue weighted by molar-refractivity contribution is 9.10. The molecule has 0 amide bonds. The summed E-state index contributed by atoms with van der Waals surface area (Å²) < 4.78 is 0.984. The lowest BCUT2D eigenvalue weighted by Gasteiger charge is -2.30. The van der Waals surface area contributed by atoms with Gasteiger partial charge in [-0.25, -0.2) is 0 Å². The second-order valence-corrected chi connectivity index (χ2v) is 7.86. The summed E-state index contributed by atoms with van der Waals surface area (Å²) in [5, 5.41) is 0. The van der Waals surface area contributed by atoms with Gasteiger partial charge in [-0.2, -0.15) is 0 Å². The van der Waals surface area contributed by atoms with Crippen LogP contribution in [0.1, 0.15) is 40.7 Å². The van der Waals surface area contributed by atoms with E-state index in [2.05, 4.69) is 45.1 Å². The highest BCUT2D eigenvalue weighted by Gasteiger charge is 2.24. The Morgan fingerprint density at radius 3 is 2.46 bits per heavy atom. The van der Waals surface area contributed by atoms with E-state index in [0.717, 1.165) is 29.5 Å². The van der Waals surface area contributed by atoms with Crippen LogP contribution in [-0.4, -0.2) is 23.8 Å². The number of hydrogen-bond donors (Lipinski definition) is 0. The third-order valence-corrected chi connectivity index (χ3v) is 5.77. The first kappa shape index (κ1) is 17.3. The van der Waals surface area contributed by atoms with Crippen molar-refractivity contribution in [1.29, 1.82) is 0 Å². The Balaban J connectivity index is 1.65. The van der Waals surface area contributed by atoms with Crippen LogP contribution < -0.4 is 0 Å². The van der Waals surface area contributed by atoms with E-state index in [0.29, 0.717) is 0 Å². The number of fused-ring (bicyclic) bond motifs is 1. The van der Waals surface area contributed by atoms with Crippen LogP contribution in [0.5, 0.6) is 0 Å². The normalized spacial score (nSPS) is 17.0. The van der Waals surface area contributed by atoms with E-state index in [1.807, 2.05) is 30.3 Å². The van der Waals surface area contributed by atoms with Crippen LogP contribution in [0.4, 0.5) is 0 Å². The van der Waals surface area contributed by atoms with Crippen molar-refractivity contribution in [1.82, 2.24) is 4.90 Å². The van der Waals surface area contributed by atoms with Crippen LogP contribution in [0.15, 0.2) is 70.9 Å². The van der Waals surface area contributed by atoms with Crippen molar-refractivity contribution in [2.45, 2.75) is 25.7 Å². The zero-order chi connectivity index (χ0) is 17.9. The van der Waals surface area contributed by atoms with E-state index in [4.69, 9.17) is 0 Å². The Morgan fingerprint density at radius 2 is 1.69 bits per heavy atom. The van der Waals surface area contributed by atoms with Gasteiger partial charge in [0.2, 0.25) is 0 Å². The molecule has 0 bridgehead atoms. The monoisotopic (exact) mass is 407 g/mol. The number of nitrogens with zero attached hydrogens (tertiary/aromatic N) is 1. The second kappa shape index (κ2) is 7.63. The summed E-state index contributed by atoms with van der Waals surface area (Å²) in [5.74, 6) is 0.0485. The minimum atomic E-state index is 0.0485. The van der Waals surface area contributed by atoms with Gasteiger partial charge in [-0.15, -0.1) is 0 Å². The number of piperidine rings is 1. The van der Waals surface area contributed by atoms with Crippen molar-refractivity contribution in [3.05, 3.63) is 87.5 Å². The summed E-state index contributed by atoms with van der Waals surface area (Å²) in [4.78, 5) is 15.1. The molecule has 1 heterocycles. The van der Waals surface area contributed by atoms with Crippen LogP contribution >= 0.6 is 15.9 Å². The van der Waals surface area contributed by atoms with Gasteiger partial charge in [0.1, 0.15) is 0 Å². The minimum Gasteiger partial charge on any atom is -0.374 e. The smallest absolute Gasteiger partial charge is 0.185 e. The Morgan fingerprint density at radius 1 is 0.962 bits per heavy atom. The van der Waals surface area contributed by atoms with Crippen molar-refractivity contribution < 1.29 is 4.79 Å². The van der Waals surface area contributed by atoms with Gasteiger partial charge in [-0.1, -0.05) is 40.2 Å². The zero-order valence-corrected chi connectivity index (χ0v) is 16.3. The number of carbonyl (C=O) groups excluding carboxylic acids is 1. The number of carbonyl (C=O) groups is 1. The molecule has 0 spiro atoms. The highest BCUT2D eigenvalue weighted by atomic mass is 79.9. The maximum absolute atomic E-state index is 12.6. The third kappa shape index (κ3) is 3.54. The second-order valence-electron chi connectivity index (χ2n) is 6.95. The first-order valence-corrected chi connectivity index (χ1v) is 10.1. The fourth-order valence-electron chi connectivity index (χ4n) is 3.87. The highest BCUT2D eigenvalue weighted by Crippen LogP contribution is 2.36. The van der Waals surface area contributed by atoms with Crippen LogP contribution in [0.25, 0.3) is 5.57 Å². The Hall–Kier alpha value is -2.13. The van der Waals surface area contributed by atoms with Crippen LogP contribution in [0.3, 0.4) is 0 Å². The van der Waals surface area contributed by atoms with Gasteiger partial charge in [-0.3, -0.25) is 4.79 Å².